The van der Waals surface area contributed by atoms with Crippen LogP contribution in [-0.2, 0) is 0 Å². The third kappa shape index (κ3) is 4.71. The van der Waals surface area contributed by atoms with E-state index in [9.17, 15) is 4.79 Å². The zero-order chi connectivity index (χ0) is 13.4. The summed E-state index contributed by atoms with van der Waals surface area (Å²) in [5.41, 5.74) is 1.50. The number of carbonyl (C=O) groups excluding carboxylic acids is 1. The fourth-order valence-corrected chi connectivity index (χ4v) is 1.62. The summed E-state index contributed by atoms with van der Waals surface area (Å²) in [5.74, 6) is -0.0924. The molecule has 1 aromatic carbocycles. The van der Waals surface area contributed by atoms with Crippen LogP contribution in [0, 0.1) is 0 Å². The molecule has 1 amide bonds. The lowest BCUT2D eigenvalue weighted by molar-refractivity contribution is 0.0963. The van der Waals surface area contributed by atoms with Crippen LogP contribution in [0.5, 0.6) is 0 Å². The highest BCUT2D eigenvalue weighted by atomic mass is 32.1. The van der Waals surface area contributed by atoms with Gasteiger partial charge in [0, 0.05) is 24.8 Å². The molecule has 0 atom stereocenters. The van der Waals surface area contributed by atoms with Crippen LogP contribution in [0.25, 0.3) is 0 Å². The van der Waals surface area contributed by atoms with Crippen LogP contribution in [0.2, 0.25) is 0 Å². The summed E-state index contributed by atoms with van der Waals surface area (Å²) >= 11 is 5.16. The first-order valence-electron chi connectivity index (χ1n) is 6.04. The van der Waals surface area contributed by atoms with E-state index in [0.29, 0.717) is 10.7 Å². The van der Waals surface area contributed by atoms with Gasteiger partial charge in [-0.05, 0) is 42.9 Å². The summed E-state index contributed by atoms with van der Waals surface area (Å²) < 4.78 is 0. The number of carbonyl (C=O) groups is 1. The fourth-order valence-electron chi connectivity index (χ4n) is 1.40. The van der Waals surface area contributed by atoms with Crippen molar-refractivity contribution < 1.29 is 4.79 Å². The van der Waals surface area contributed by atoms with Gasteiger partial charge in [0.25, 0.3) is 5.91 Å². The second-order valence-electron chi connectivity index (χ2n) is 3.89. The Balaban J connectivity index is 2.48. The van der Waals surface area contributed by atoms with Crippen molar-refractivity contribution >= 4 is 28.9 Å². The smallest absolute Gasteiger partial charge is 0.251 e. The zero-order valence-corrected chi connectivity index (χ0v) is 11.6. The van der Waals surface area contributed by atoms with Crippen molar-refractivity contribution in [2.24, 2.45) is 0 Å². The second-order valence-corrected chi connectivity index (χ2v) is 4.30. The van der Waals surface area contributed by atoms with Gasteiger partial charge >= 0.3 is 0 Å². The van der Waals surface area contributed by atoms with Crippen molar-refractivity contribution in [3.8, 4) is 0 Å². The maximum Gasteiger partial charge on any atom is 0.251 e. The standard InChI is InChI=1S/C13H19N3OS/c1-3-4-9-15-13(18)16-11-7-5-10(6-8-11)12(17)14-2/h5-8H,3-4,9H2,1-2H3,(H,14,17)(H2,15,16,18). The first-order valence-corrected chi connectivity index (χ1v) is 6.45. The third-order valence-corrected chi connectivity index (χ3v) is 2.69. The van der Waals surface area contributed by atoms with Crippen molar-refractivity contribution in [1.82, 2.24) is 10.6 Å². The largest absolute Gasteiger partial charge is 0.362 e. The number of nitrogens with one attached hydrogen (secondary N) is 3. The van der Waals surface area contributed by atoms with Crippen LogP contribution >= 0.6 is 12.2 Å². The molecule has 0 saturated carbocycles. The SMILES string of the molecule is CCCCNC(=S)Nc1ccc(C(=O)NC)cc1. The number of thiocarbonyl (C=S) groups is 1. The number of hydrogen-bond acceptors (Lipinski definition) is 2. The van der Waals surface area contributed by atoms with Gasteiger partial charge < -0.3 is 16.0 Å². The Morgan fingerprint density at radius 1 is 1.28 bits per heavy atom. The minimum Gasteiger partial charge on any atom is -0.362 e. The van der Waals surface area contributed by atoms with E-state index in [-0.39, 0.29) is 5.91 Å². The molecule has 0 heterocycles. The molecule has 0 spiro atoms. The Labute approximate surface area is 113 Å². The average molecular weight is 265 g/mol. The summed E-state index contributed by atoms with van der Waals surface area (Å²) in [6.07, 6.45) is 2.23. The predicted molar refractivity (Wildman–Crippen MR) is 79.0 cm³/mol. The Kier molecular flexibility index (Phi) is 6.14. The van der Waals surface area contributed by atoms with Gasteiger partial charge in [-0.2, -0.15) is 0 Å². The number of amides is 1. The van der Waals surface area contributed by atoms with Crippen LogP contribution in [0.3, 0.4) is 0 Å². The maximum absolute atomic E-state index is 11.4. The summed E-state index contributed by atoms with van der Waals surface area (Å²) in [7, 11) is 1.61. The quantitative estimate of drug-likeness (QED) is 0.564. The molecule has 0 aromatic heterocycles. The highest BCUT2D eigenvalue weighted by molar-refractivity contribution is 7.80. The number of anilines is 1. The predicted octanol–water partition coefficient (Wildman–Crippen LogP) is 2.13. The molecular weight excluding hydrogens is 246 g/mol. The minimum absolute atomic E-state index is 0.0924. The number of rotatable bonds is 5. The average Bonchev–Trinajstić information content (AvgIpc) is 2.39. The second kappa shape index (κ2) is 7.66. The molecule has 18 heavy (non-hydrogen) atoms. The van der Waals surface area contributed by atoms with Crippen molar-refractivity contribution in [2.75, 3.05) is 18.9 Å². The third-order valence-electron chi connectivity index (χ3n) is 2.45. The van der Waals surface area contributed by atoms with Crippen LogP contribution in [-0.4, -0.2) is 24.6 Å². The van der Waals surface area contributed by atoms with E-state index >= 15 is 0 Å². The summed E-state index contributed by atoms with van der Waals surface area (Å²) in [4.78, 5) is 11.4. The van der Waals surface area contributed by atoms with Gasteiger partial charge in [0.2, 0.25) is 0 Å². The van der Waals surface area contributed by atoms with E-state index in [0.717, 1.165) is 25.1 Å². The normalized spacial score (nSPS) is 9.67. The molecule has 4 nitrogen and oxygen atoms in total. The van der Waals surface area contributed by atoms with E-state index in [4.69, 9.17) is 12.2 Å². The van der Waals surface area contributed by atoms with E-state index in [1.165, 1.54) is 0 Å². The van der Waals surface area contributed by atoms with E-state index < -0.39 is 0 Å². The van der Waals surface area contributed by atoms with Crippen molar-refractivity contribution in [3.63, 3.8) is 0 Å². The number of hydrogen-bond donors (Lipinski definition) is 3. The molecule has 98 valence electrons. The Morgan fingerprint density at radius 2 is 1.94 bits per heavy atom. The van der Waals surface area contributed by atoms with Crippen LogP contribution in [0.15, 0.2) is 24.3 Å². The first-order chi connectivity index (χ1) is 8.67. The summed E-state index contributed by atoms with van der Waals surface area (Å²) in [6.45, 7) is 3.01. The Hall–Kier alpha value is -1.62. The molecule has 0 aliphatic rings. The monoisotopic (exact) mass is 265 g/mol. The van der Waals surface area contributed by atoms with Crippen molar-refractivity contribution in [1.29, 1.82) is 0 Å². The van der Waals surface area contributed by atoms with E-state index in [2.05, 4.69) is 22.9 Å². The van der Waals surface area contributed by atoms with E-state index in [1.54, 1.807) is 19.2 Å². The maximum atomic E-state index is 11.4. The van der Waals surface area contributed by atoms with Gasteiger partial charge in [-0.15, -0.1) is 0 Å². The van der Waals surface area contributed by atoms with Crippen molar-refractivity contribution in [2.45, 2.75) is 19.8 Å². The topological polar surface area (TPSA) is 53.2 Å². The van der Waals surface area contributed by atoms with Crippen LogP contribution in [0.1, 0.15) is 30.1 Å². The van der Waals surface area contributed by atoms with Crippen LogP contribution < -0.4 is 16.0 Å². The fraction of sp³-hybridized carbons (Fsp3) is 0.385. The molecule has 0 unspecified atom stereocenters. The molecule has 0 radical (unpaired) electrons. The Morgan fingerprint density at radius 3 is 2.50 bits per heavy atom. The molecule has 0 aliphatic heterocycles. The molecule has 1 aromatic rings. The molecule has 0 aliphatic carbocycles. The molecule has 0 bridgehead atoms. The lowest BCUT2D eigenvalue weighted by atomic mass is 10.2. The van der Waals surface area contributed by atoms with Crippen molar-refractivity contribution in [3.05, 3.63) is 29.8 Å². The highest BCUT2D eigenvalue weighted by Crippen LogP contribution is 2.09. The van der Waals surface area contributed by atoms with Gasteiger partial charge in [-0.25, -0.2) is 0 Å². The number of benzene rings is 1. The molecule has 3 N–H and O–H groups in total. The minimum atomic E-state index is -0.0924. The van der Waals surface area contributed by atoms with Gasteiger partial charge in [-0.3, -0.25) is 4.79 Å². The lowest BCUT2D eigenvalue weighted by Crippen LogP contribution is -2.29. The molecule has 5 heteroatoms. The van der Waals surface area contributed by atoms with Gasteiger partial charge in [0.1, 0.15) is 0 Å². The molecular formula is C13H19N3OS. The molecule has 1 rings (SSSR count). The van der Waals surface area contributed by atoms with Crippen LogP contribution in [0.4, 0.5) is 5.69 Å². The summed E-state index contributed by atoms with van der Waals surface area (Å²) in [5, 5.41) is 9.38. The zero-order valence-electron chi connectivity index (χ0n) is 10.7. The lowest BCUT2D eigenvalue weighted by Gasteiger charge is -2.10. The highest BCUT2D eigenvalue weighted by Gasteiger charge is 2.02. The van der Waals surface area contributed by atoms with Gasteiger partial charge in [0.15, 0.2) is 5.11 Å². The van der Waals surface area contributed by atoms with Gasteiger partial charge in [0.05, 0.1) is 0 Å². The number of unbranched alkanes of at least 4 members (excludes halogenated alkanes) is 1. The molecule has 0 fully saturated rings. The van der Waals surface area contributed by atoms with E-state index in [1.807, 2.05) is 12.1 Å². The van der Waals surface area contributed by atoms with Gasteiger partial charge in [-0.1, -0.05) is 13.3 Å². The first kappa shape index (κ1) is 14.4. The molecule has 0 saturated heterocycles. The summed E-state index contributed by atoms with van der Waals surface area (Å²) in [6, 6.07) is 7.18. The Bertz CT molecular complexity index is 403.